The number of carbonyl (C=O) groups excluding carboxylic acids is 2. The molecule has 0 radical (unpaired) electrons. The third kappa shape index (κ3) is 3.17. The molecule has 3 rings (SSSR count). The van der Waals surface area contributed by atoms with Crippen LogP contribution in [0.4, 0.5) is 10.1 Å². The standard InChI is InChI=1S/C20H20FNO3S/c1-11(2)10-15(23)16-17(19-12(3)8-9-26-19)22(20(25)18(16)24)14-6-4-13(21)5-7-14/h4-9,11,17,24H,10H2,1-3H3. The highest BCUT2D eigenvalue weighted by atomic mass is 32.1. The number of thiophene rings is 1. The van der Waals surface area contributed by atoms with Gasteiger partial charge in [-0.1, -0.05) is 13.8 Å². The molecule has 1 aromatic heterocycles. The Labute approximate surface area is 155 Å². The number of halogens is 1. The third-order valence-electron chi connectivity index (χ3n) is 4.36. The maximum absolute atomic E-state index is 13.3. The fraction of sp³-hybridized carbons (Fsp3) is 0.300. The molecular weight excluding hydrogens is 353 g/mol. The van der Waals surface area contributed by atoms with Gasteiger partial charge in [0.05, 0.1) is 5.57 Å². The summed E-state index contributed by atoms with van der Waals surface area (Å²) in [6.45, 7) is 5.73. The molecule has 0 spiro atoms. The Hall–Kier alpha value is -2.47. The van der Waals surface area contributed by atoms with Gasteiger partial charge in [-0.15, -0.1) is 11.3 Å². The molecule has 0 aliphatic carbocycles. The van der Waals surface area contributed by atoms with Crippen LogP contribution in [0.15, 0.2) is 47.0 Å². The molecule has 26 heavy (non-hydrogen) atoms. The number of hydrogen-bond acceptors (Lipinski definition) is 4. The molecule has 136 valence electrons. The van der Waals surface area contributed by atoms with Crippen LogP contribution >= 0.6 is 11.3 Å². The van der Waals surface area contributed by atoms with Crippen molar-refractivity contribution < 1.29 is 19.1 Å². The van der Waals surface area contributed by atoms with E-state index in [2.05, 4.69) is 0 Å². The van der Waals surface area contributed by atoms with E-state index in [4.69, 9.17) is 0 Å². The number of amides is 1. The van der Waals surface area contributed by atoms with Gasteiger partial charge in [-0.3, -0.25) is 14.5 Å². The Kier molecular flexibility index (Phi) is 4.96. The first-order valence-corrected chi connectivity index (χ1v) is 9.28. The normalized spacial score (nSPS) is 17.5. The lowest BCUT2D eigenvalue weighted by molar-refractivity contribution is -0.118. The summed E-state index contributed by atoms with van der Waals surface area (Å²) < 4.78 is 13.3. The van der Waals surface area contributed by atoms with Crippen LogP contribution in [0.5, 0.6) is 0 Å². The van der Waals surface area contributed by atoms with Gasteiger partial charge >= 0.3 is 0 Å². The number of ketones is 1. The number of anilines is 1. The number of hydrogen-bond donors (Lipinski definition) is 1. The average Bonchev–Trinajstić information content (AvgIpc) is 3.10. The molecule has 0 fully saturated rings. The average molecular weight is 373 g/mol. The fourth-order valence-electron chi connectivity index (χ4n) is 3.15. The minimum Gasteiger partial charge on any atom is -0.503 e. The smallest absolute Gasteiger partial charge is 0.294 e. The van der Waals surface area contributed by atoms with E-state index in [-0.39, 0.29) is 23.7 Å². The molecule has 1 aliphatic heterocycles. The molecule has 1 atom stereocenters. The van der Waals surface area contributed by atoms with Crippen molar-refractivity contribution in [2.24, 2.45) is 5.92 Å². The van der Waals surface area contributed by atoms with Crippen LogP contribution in [0, 0.1) is 18.7 Å². The van der Waals surface area contributed by atoms with Gasteiger partial charge in [0.15, 0.2) is 11.5 Å². The molecule has 2 aromatic rings. The Morgan fingerprint density at radius 3 is 2.46 bits per heavy atom. The van der Waals surface area contributed by atoms with E-state index in [1.54, 1.807) is 0 Å². The van der Waals surface area contributed by atoms with E-state index < -0.39 is 23.5 Å². The molecule has 4 nitrogen and oxygen atoms in total. The quantitative estimate of drug-likeness (QED) is 0.826. The summed E-state index contributed by atoms with van der Waals surface area (Å²) in [7, 11) is 0. The highest BCUT2D eigenvalue weighted by molar-refractivity contribution is 7.10. The molecule has 0 bridgehead atoms. The molecule has 1 aliphatic rings. The van der Waals surface area contributed by atoms with Gasteiger partial charge in [-0.05, 0) is 54.1 Å². The van der Waals surface area contributed by atoms with Crippen molar-refractivity contribution in [3.8, 4) is 0 Å². The zero-order valence-electron chi connectivity index (χ0n) is 14.8. The van der Waals surface area contributed by atoms with Gasteiger partial charge in [0.1, 0.15) is 11.9 Å². The second-order valence-corrected chi connectivity index (χ2v) is 7.75. The summed E-state index contributed by atoms with van der Waals surface area (Å²) in [5.74, 6) is -1.71. The van der Waals surface area contributed by atoms with Gasteiger partial charge in [-0.2, -0.15) is 0 Å². The minimum atomic E-state index is -0.695. The SMILES string of the molecule is Cc1ccsc1C1C(C(=O)CC(C)C)=C(O)C(=O)N1c1ccc(F)cc1. The minimum absolute atomic E-state index is 0.0999. The number of Topliss-reactive ketones (excluding diaryl/α,β-unsaturated/α-hetero) is 1. The maximum Gasteiger partial charge on any atom is 0.294 e. The molecule has 1 unspecified atom stereocenters. The number of nitrogens with zero attached hydrogens (tertiary/aromatic N) is 1. The number of carbonyl (C=O) groups is 2. The lowest BCUT2D eigenvalue weighted by Crippen LogP contribution is -2.31. The highest BCUT2D eigenvalue weighted by Crippen LogP contribution is 2.44. The molecule has 0 saturated heterocycles. The lowest BCUT2D eigenvalue weighted by atomic mass is 9.94. The number of aryl methyl sites for hydroxylation is 1. The van der Waals surface area contributed by atoms with Crippen LogP contribution in [-0.2, 0) is 9.59 Å². The Bertz CT molecular complexity index is 883. The van der Waals surface area contributed by atoms with Crippen molar-refractivity contribution in [2.75, 3.05) is 4.90 Å². The largest absolute Gasteiger partial charge is 0.503 e. The van der Waals surface area contributed by atoms with Crippen LogP contribution < -0.4 is 4.90 Å². The Morgan fingerprint density at radius 2 is 1.92 bits per heavy atom. The van der Waals surface area contributed by atoms with E-state index in [0.717, 1.165) is 10.4 Å². The molecule has 6 heteroatoms. The number of aliphatic hydroxyl groups is 1. The molecule has 0 saturated carbocycles. The summed E-state index contributed by atoms with van der Waals surface area (Å²) in [5.41, 5.74) is 1.50. The molecule has 1 amide bonds. The first-order chi connectivity index (χ1) is 12.3. The summed E-state index contributed by atoms with van der Waals surface area (Å²) >= 11 is 1.43. The second-order valence-electron chi connectivity index (χ2n) is 6.81. The predicted octanol–water partition coefficient (Wildman–Crippen LogP) is 4.71. The summed E-state index contributed by atoms with van der Waals surface area (Å²) in [6.07, 6.45) is 0.241. The van der Waals surface area contributed by atoms with E-state index in [1.165, 1.54) is 40.5 Å². The van der Waals surface area contributed by atoms with Crippen LogP contribution in [0.1, 0.15) is 36.8 Å². The molecular formula is C20H20FNO3S. The molecule has 1 aromatic carbocycles. The van der Waals surface area contributed by atoms with Crippen LogP contribution in [0.3, 0.4) is 0 Å². The maximum atomic E-state index is 13.3. The lowest BCUT2D eigenvalue weighted by Gasteiger charge is -2.26. The van der Waals surface area contributed by atoms with Crippen molar-refractivity contribution in [1.29, 1.82) is 0 Å². The van der Waals surface area contributed by atoms with Gasteiger partial charge in [0.25, 0.3) is 5.91 Å². The highest BCUT2D eigenvalue weighted by Gasteiger charge is 2.45. The first kappa shape index (κ1) is 18.3. The van der Waals surface area contributed by atoms with E-state index in [1.807, 2.05) is 32.2 Å². The predicted molar refractivity (Wildman–Crippen MR) is 99.8 cm³/mol. The van der Waals surface area contributed by atoms with E-state index in [0.29, 0.717) is 5.69 Å². The van der Waals surface area contributed by atoms with Crippen molar-refractivity contribution in [3.63, 3.8) is 0 Å². The van der Waals surface area contributed by atoms with Crippen molar-refractivity contribution in [1.82, 2.24) is 0 Å². The first-order valence-electron chi connectivity index (χ1n) is 8.40. The van der Waals surface area contributed by atoms with Gasteiger partial charge in [0, 0.05) is 17.0 Å². The molecule has 1 N–H and O–H groups in total. The van der Waals surface area contributed by atoms with Gasteiger partial charge in [-0.25, -0.2) is 4.39 Å². The Balaban J connectivity index is 2.14. The van der Waals surface area contributed by atoms with Crippen LogP contribution in [0.25, 0.3) is 0 Å². The molecule has 2 heterocycles. The summed E-state index contributed by atoms with van der Waals surface area (Å²) in [4.78, 5) is 27.8. The van der Waals surface area contributed by atoms with Crippen LogP contribution in [0.2, 0.25) is 0 Å². The number of aliphatic hydroxyl groups excluding tert-OH is 1. The van der Waals surface area contributed by atoms with Crippen molar-refractivity contribution >= 4 is 28.7 Å². The number of rotatable bonds is 5. The third-order valence-corrected chi connectivity index (χ3v) is 5.43. The number of benzene rings is 1. The second kappa shape index (κ2) is 7.03. The van der Waals surface area contributed by atoms with E-state index in [9.17, 15) is 19.1 Å². The zero-order valence-corrected chi connectivity index (χ0v) is 15.6. The topological polar surface area (TPSA) is 57.6 Å². The van der Waals surface area contributed by atoms with Gasteiger partial charge in [0.2, 0.25) is 0 Å². The van der Waals surface area contributed by atoms with Crippen molar-refractivity contribution in [2.45, 2.75) is 33.2 Å². The monoisotopic (exact) mass is 373 g/mol. The van der Waals surface area contributed by atoms with Gasteiger partial charge < -0.3 is 5.11 Å². The summed E-state index contributed by atoms with van der Waals surface area (Å²) in [5, 5.41) is 12.4. The van der Waals surface area contributed by atoms with Crippen molar-refractivity contribution in [3.05, 3.63) is 63.3 Å². The van der Waals surface area contributed by atoms with E-state index >= 15 is 0 Å². The van der Waals surface area contributed by atoms with Crippen LogP contribution in [-0.4, -0.2) is 16.8 Å². The Morgan fingerprint density at radius 1 is 1.27 bits per heavy atom. The fourth-order valence-corrected chi connectivity index (χ4v) is 4.18. The summed E-state index contributed by atoms with van der Waals surface area (Å²) in [6, 6.07) is 6.68. The zero-order chi connectivity index (χ0) is 19.0.